The van der Waals surface area contributed by atoms with Crippen LogP contribution in [-0.2, 0) is 0 Å². The van der Waals surface area contributed by atoms with Crippen molar-refractivity contribution in [1.29, 1.82) is 5.26 Å². The molecule has 4 rings (SSSR count). The van der Waals surface area contributed by atoms with Crippen molar-refractivity contribution in [3.8, 4) is 6.07 Å². The molecule has 0 fully saturated rings. The van der Waals surface area contributed by atoms with Crippen LogP contribution in [0.2, 0.25) is 0 Å². The maximum absolute atomic E-state index is 12.6. The quantitative estimate of drug-likeness (QED) is 0.427. The van der Waals surface area contributed by atoms with E-state index in [0.29, 0.717) is 21.7 Å². The number of rotatable bonds is 3. The summed E-state index contributed by atoms with van der Waals surface area (Å²) in [5, 5.41) is 20.6. The third-order valence-corrected chi connectivity index (χ3v) is 5.54. The molecular formula is C20H13N3O3S. The lowest BCUT2D eigenvalue weighted by Gasteiger charge is -2.22. The fourth-order valence-corrected chi connectivity index (χ4v) is 4.05. The molecule has 3 aromatic rings. The van der Waals surface area contributed by atoms with Crippen molar-refractivity contribution in [1.82, 2.24) is 9.88 Å². The predicted octanol–water partition coefficient (Wildman–Crippen LogP) is 3.77. The summed E-state index contributed by atoms with van der Waals surface area (Å²) in [6.45, 7) is 1.52. The molecule has 0 saturated heterocycles. The molecule has 1 aromatic heterocycles. The summed E-state index contributed by atoms with van der Waals surface area (Å²) in [5.74, 6) is -1.33. The van der Waals surface area contributed by atoms with Crippen molar-refractivity contribution in [2.75, 3.05) is 0 Å². The van der Waals surface area contributed by atoms with Gasteiger partial charge in [-0.1, -0.05) is 24.3 Å². The minimum Gasteiger partial charge on any atom is -0.509 e. The minimum atomic E-state index is -0.987. The van der Waals surface area contributed by atoms with Gasteiger partial charge in [-0.15, -0.1) is 11.3 Å². The standard InChI is InChI=1S/C20H13N3O3S/c1-11(23-19(25)12-6-2-3-7-13(12)20(23)26)17(24)14(10-21)18-22-15-8-4-5-9-16(15)27-18/h2-9,11,24H,1H3. The Bertz CT molecular complexity index is 1100. The fourth-order valence-electron chi connectivity index (χ4n) is 3.08. The van der Waals surface area contributed by atoms with E-state index in [1.165, 1.54) is 18.3 Å². The minimum absolute atomic E-state index is 0.0414. The summed E-state index contributed by atoms with van der Waals surface area (Å²) >= 11 is 1.27. The number of thiazole rings is 1. The van der Waals surface area contributed by atoms with Gasteiger partial charge in [0.05, 0.1) is 27.4 Å². The Morgan fingerprint density at radius 2 is 1.70 bits per heavy atom. The van der Waals surface area contributed by atoms with Crippen LogP contribution in [0.3, 0.4) is 0 Å². The highest BCUT2D eigenvalue weighted by Gasteiger charge is 2.40. The van der Waals surface area contributed by atoms with Crippen molar-refractivity contribution < 1.29 is 14.7 Å². The largest absolute Gasteiger partial charge is 0.509 e. The molecule has 6 nitrogen and oxygen atoms in total. The van der Waals surface area contributed by atoms with Crippen LogP contribution in [0.4, 0.5) is 0 Å². The maximum atomic E-state index is 12.6. The third-order valence-electron chi connectivity index (χ3n) is 4.48. The molecule has 1 atom stereocenters. The fraction of sp³-hybridized carbons (Fsp3) is 0.100. The first kappa shape index (κ1) is 16.9. The second kappa shape index (κ2) is 6.34. The molecule has 0 aliphatic carbocycles. The van der Waals surface area contributed by atoms with Crippen LogP contribution in [0.25, 0.3) is 15.8 Å². The number of aliphatic hydroxyl groups is 1. The lowest BCUT2D eigenvalue weighted by Crippen LogP contribution is -2.39. The zero-order chi connectivity index (χ0) is 19.1. The summed E-state index contributed by atoms with van der Waals surface area (Å²) in [6.07, 6.45) is 0. The number of carbonyl (C=O) groups is 2. The number of allylic oxidation sites excluding steroid dienone is 1. The lowest BCUT2D eigenvalue weighted by atomic mass is 10.1. The van der Waals surface area contributed by atoms with Crippen LogP contribution in [0.5, 0.6) is 0 Å². The van der Waals surface area contributed by atoms with Crippen molar-refractivity contribution in [3.63, 3.8) is 0 Å². The molecule has 1 aliphatic heterocycles. The number of hydrogen-bond acceptors (Lipinski definition) is 6. The summed E-state index contributed by atoms with van der Waals surface area (Å²) in [7, 11) is 0. The number of amides is 2. The number of carbonyl (C=O) groups excluding carboxylic acids is 2. The highest BCUT2D eigenvalue weighted by atomic mass is 32.1. The van der Waals surface area contributed by atoms with Crippen molar-refractivity contribution in [2.24, 2.45) is 0 Å². The molecule has 132 valence electrons. The lowest BCUT2D eigenvalue weighted by molar-refractivity contribution is 0.0590. The number of fused-ring (bicyclic) bond motifs is 2. The third kappa shape index (κ3) is 2.58. The first-order chi connectivity index (χ1) is 13.0. The van der Waals surface area contributed by atoms with Gasteiger partial charge in [0.2, 0.25) is 0 Å². The average Bonchev–Trinajstić information content (AvgIpc) is 3.21. The Balaban J connectivity index is 1.76. The number of hydrogen-bond donors (Lipinski definition) is 1. The van der Waals surface area contributed by atoms with E-state index in [4.69, 9.17) is 0 Å². The van der Waals surface area contributed by atoms with E-state index < -0.39 is 17.9 Å². The molecule has 1 N–H and O–H groups in total. The average molecular weight is 375 g/mol. The van der Waals surface area contributed by atoms with Gasteiger partial charge in [0.15, 0.2) is 0 Å². The number of benzene rings is 2. The highest BCUT2D eigenvalue weighted by Crippen LogP contribution is 2.32. The van der Waals surface area contributed by atoms with E-state index in [1.54, 1.807) is 24.3 Å². The Morgan fingerprint density at radius 1 is 1.11 bits per heavy atom. The SMILES string of the molecule is CC(C(O)=C(C#N)c1nc2ccccc2s1)N1C(=O)c2ccccc2C1=O. The molecule has 0 bridgehead atoms. The van der Waals surface area contributed by atoms with E-state index in [9.17, 15) is 20.0 Å². The van der Waals surface area contributed by atoms with Crippen molar-refractivity contribution in [3.05, 3.63) is 70.4 Å². The molecule has 2 aromatic carbocycles. The molecule has 1 unspecified atom stereocenters. The number of nitrogens with zero attached hydrogens (tertiary/aromatic N) is 3. The Labute approximate surface area is 158 Å². The molecular weight excluding hydrogens is 362 g/mol. The van der Waals surface area contributed by atoms with E-state index >= 15 is 0 Å². The highest BCUT2D eigenvalue weighted by molar-refractivity contribution is 7.19. The summed E-state index contributed by atoms with van der Waals surface area (Å²) in [6, 6.07) is 14.9. The van der Waals surface area contributed by atoms with Gasteiger partial charge >= 0.3 is 0 Å². The van der Waals surface area contributed by atoms with E-state index in [-0.39, 0.29) is 11.3 Å². The zero-order valence-corrected chi connectivity index (χ0v) is 15.0. The van der Waals surface area contributed by atoms with Crippen LogP contribution in [0.15, 0.2) is 54.3 Å². The van der Waals surface area contributed by atoms with E-state index in [0.717, 1.165) is 9.60 Å². The first-order valence-electron chi connectivity index (χ1n) is 8.19. The maximum Gasteiger partial charge on any atom is 0.262 e. The summed E-state index contributed by atoms with van der Waals surface area (Å²) < 4.78 is 0.876. The second-order valence-electron chi connectivity index (χ2n) is 6.06. The number of para-hydroxylation sites is 1. The molecule has 1 aliphatic rings. The summed E-state index contributed by atoms with van der Waals surface area (Å²) in [5.41, 5.74) is 1.26. The topological polar surface area (TPSA) is 94.3 Å². The molecule has 2 heterocycles. The second-order valence-corrected chi connectivity index (χ2v) is 7.09. The van der Waals surface area contributed by atoms with Gasteiger partial charge in [0.1, 0.15) is 22.4 Å². The van der Waals surface area contributed by atoms with E-state index in [2.05, 4.69) is 4.98 Å². The van der Waals surface area contributed by atoms with Crippen molar-refractivity contribution >= 4 is 38.9 Å². The predicted molar refractivity (Wildman–Crippen MR) is 101 cm³/mol. The number of nitriles is 1. The molecule has 0 radical (unpaired) electrons. The Kier molecular flexibility index (Phi) is 3.98. The number of aliphatic hydroxyl groups excluding tert-OH is 1. The molecule has 27 heavy (non-hydrogen) atoms. The van der Waals surface area contributed by atoms with Crippen LogP contribution >= 0.6 is 11.3 Å². The van der Waals surface area contributed by atoms with Gasteiger partial charge in [0.25, 0.3) is 11.8 Å². The smallest absolute Gasteiger partial charge is 0.262 e. The van der Waals surface area contributed by atoms with Gasteiger partial charge in [-0.2, -0.15) is 5.26 Å². The van der Waals surface area contributed by atoms with Gasteiger partial charge in [-0.3, -0.25) is 14.5 Å². The van der Waals surface area contributed by atoms with Gasteiger partial charge < -0.3 is 5.11 Å². The zero-order valence-electron chi connectivity index (χ0n) is 14.2. The Hall–Kier alpha value is -3.50. The van der Waals surface area contributed by atoms with E-state index in [1.807, 2.05) is 30.3 Å². The van der Waals surface area contributed by atoms with Crippen LogP contribution in [0.1, 0.15) is 32.6 Å². The summed E-state index contributed by atoms with van der Waals surface area (Å²) in [4.78, 5) is 30.6. The molecule has 0 saturated carbocycles. The van der Waals surface area contributed by atoms with Crippen LogP contribution in [-0.4, -0.2) is 32.8 Å². The van der Waals surface area contributed by atoms with Gasteiger partial charge in [-0.25, -0.2) is 4.98 Å². The van der Waals surface area contributed by atoms with Gasteiger partial charge in [0, 0.05) is 0 Å². The Morgan fingerprint density at radius 3 is 2.30 bits per heavy atom. The number of aromatic nitrogens is 1. The van der Waals surface area contributed by atoms with Crippen LogP contribution in [0, 0.1) is 11.3 Å². The first-order valence-corrected chi connectivity index (χ1v) is 9.00. The van der Waals surface area contributed by atoms with Crippen molar-refractivity contribution in [2.45, 2.75) is 13.0 Å². The number of imide groups is 1. The molecule has 2 amide bonds. The van der Waals surface area contributed by atoms with Gasteiger partial charge in [-0.05, 0) is 31.2 Å². The monoisotopic (exact) mass is 375 g/mol. The normalized spacial score (nSPS) is 15.5. The molecule has 7 heteroatoms. The van der Waals surface area contributed by atoms with Crippen LogP contribution < -0.4 is 0 Å². The molecule has 0 spiro atoms.